The van der Waals surface area contributed by atoms with Crippen LogP contribution in [0.25, 0.3) is 10.2 Å². The molecule has 0 radical (unpaired) electrons. The first-order valence-electron chi connectivity index (χ1n) is 9.76. The van der Waals surface area contributed by atoms with E-state index in [0.29, 0.717) is 6.04 Å². The van der Waals surface area contributed by atoms with E-state index in [1.807, 2.05) is 11.4 Å². The number of fused-ring (bicyclic) bond motifs is 2. The van der Waals surface area contributed by atoms with Crippen molar-refractivity contribution in [1.82, 2.24) is 19.8 Å². The molecule has 1 aromatic carbocycles. The van der Waals surface area contributed by atoms with Gasteiger partial charge in [-0.3, -0.25) is 14.6 Å². The van der Waals surface area contributed by atoms with Crippen LogP contribution in [0.4, 0.5) is 0 Å². The first kappa shape index (κ1) is 17.1. The molecule has 5 rings (SSSR count). The van der Waals surface area contributed by atoms with Crippen LogP contribution in [0, 0.1) is 0 Å². The van der Waals surface area contributed by atoms with Crippen LogP contribution < -0.4 is 5.56 Å². The summed E-state index contributed by atoms with van der Waals surface area (Å²) >= 11 is 1.45. The van der Waals surface area contributed by atoms with Crippen molar-refractivity contribution in [3.8, 4) is 0 Å². The van der Waals surface area contributed by atoms with E-state index in [4.69, 9.17) is 0 Å². The lowest BCUT2D eigenvalue weighted by Crippen LogP contribution is -2.39. The number of nitrogens with one attached hydrogen (secondary N) is 1. The van der Waals surface area contributed by atoms with Gasteiger partial charge in [0.1, 0.15) is 10.5 Å². The zero-order valence-electron chi connectivity index (χ0n) is 15.4. The van der Waals surface area contributed by atoms with Crippen LogP contribution in [0.3, 0.4) is 0 Å². The summed E-state index contributed by atoms with van der Waals surface area (Å²) in [5.41, 5.74) is 3.85. The molecule has 0 atom stereocenters. The average molecular weight is 381 g/mol. The van der Waals surface area contributed by atoms with Gasteiger partial charge in [-0.25, -0.2) is 4.98 Å². The summed E-state index contributed by atoms with van der Waals surface area (Å²) < 4.78 is 0.724. The molecule has 1 N–H and O–H groups in total. The second kappa shape index (κ2) is 7.19. The second-order valence-corrected chi connectivity index (χ2v) is 8.56. The smallest absolute Gasteiger partial charge is 0.268 e. The standard InChI is InChI=1S/C21H24N4OS/c26-21-20-18(6-11-27-20)22-19(23-21)14-24-7-3-8-25(10-9-24)17-12-15-4-1-2-5-16(15)13-17/h1-2,4-6,11,17H,3,7-10,12-14H2,(H,22,23,26). The summed E-state index contributed by atoms with van der Waals surface area (Å²) in [6.07, 6.45) is 3.53. The predicted octanol–water partition coefficient (Wildman–Crippen LogP) is 2.66. The fourth-order valence-corrected chi connectivity index (χ4v) is 5.24. The Morgan fingerprint density at radius 2 is 1.89 bits per heavy atom. The van der Waals surface area contributed by atoms with Gasteiger partial charge in [0, 0.05) is 19.1 Å². The van der Waals surface area contributed by atoms with Gasteiger partial charge >= 0.3 is 0 Å². The third-order valence-electron chi connectivity index (χ3n) is 5.91. The Hall–Kier alpha value is -2.02. The van der Waals surface area contributed by atoms with Crippen LogP contribution in [0.5, 0.6) is 0 Å². The van der Waals surface area contributed by atoms with Gasteiger partial charge in [-0.05, 0) is 54.9 Å². The van der Waals surface area contributed by atoms with Crippen molar-refractivity contribution in [2.75, 3.05) is 26.2 Å². The summed E-state index contributed by atoms with van der Waals surface area (Å²) in [7, 11) is 0. The number of thiophene rings is 1. The first-order chi connectivity index (χ1) is 13.3. The molecule has 1 fully saturated rings. The van der Waals surface area contributed by atoms with Crippen molar-refractivity contribution in [3.05, 3.63) is 63.0 Å². The van der Waals surface area contributed by atoms with E-state index in [9.17, 15) is 4.79 Å². The van der Waals surface area contributed by atoms with Gasteiger partial charge in [0.05, 0.1) is 12.1 Å². The highest BCUT2D eigenvalue weighted by molar-refractivity contribution is 7.17. The molecule has 1 saturated heterocycles. The van der Waals surface area contributed by atoms with Crippen LogP contribution in [0.15, 0.2) is 40.5 Å². The molecule has 0 amide bonds. The molecule has 6 heteroatoms. The Bertz CT molecular complexity index is 986. The predicted molar refractivity (Wildman–Crippen MR) is 109 cm³/mol. The van der Waals surface area contributed by atoms with Crippen LogP contribution in [-0.4, -0.2) is 52.0 Å². The number of benzene rings is 1. The molecule has 0 spiro atoms. The highest BCUT2D eigenvalue weighted by Gasteiger charge is 2.28. The van der Waals surface area contributed by atoms with Gasteiger partial charge in [0.25, 0.3) is 5.56 Å². The van der Waals surface area contributed by atoms with Crippen molar-refractivity contribution >= 4 is 21.6 Å². The molecular weight excluding hydrogens is 356 g/mol. The fourth-order valence-electron chi connectivity index (χ4n) is 4.52. The molecule has 2 aliphatic rings. The number of rotatable bonds is 3. The molecule has 140 valence electrons. The molecule has 5 nitrogen and oxygen atoms in total. The maximum Gasteiger partial charge on any atom is 0.268 e. The number of aromatic amines is 1. The Labute approximate surface area is 162 Å². The van der Waals surface area contributed by atoms with E-state index in [1.54, 1.807) is 0 Å². The number of hydrogen-bond donors (Lipinski definition) is 1. The topological polar surface area (TPSA) is 52.2 Å². The van der Waals surface area contributed by atoms with Crippen molar-refractivity contribution in [1.29, 1.82) is 0 Å². The minimum atomic E-state index is -0.00910. The number of hydrogen-bond acceptors (Lipinski definition) is 5. The lowest BCUT2D eigenvalue weighted by Gasteiger charge is -2.27. The van der Waals surface area contributed by atoms with E-state index < -0.39 is 0 Å². The van der Waals surface area contributed by atoms with Crippen molar-refractivity contribution < 1.29 is 0 Å². The van der Waals surface area contributed by atoms with E-state index in [0.717, 1.165) is 55.2 Å². The minimum absolute atomic E-state index is 0.00910. The second-order valence-electron chi connectivity index (χ2n) is 7.64. The molecule has 0 saturated carbocycles. The lowest BCUT2D eigenvalue weighted by atomic mass is 10.1. The Kier molecular flexibility index (Phi) is 4.55. The van der Waals surface area contributed by atoms with Gasteiger partial charge in [0.15, 0.2) is 0 Å². The quantitative estimate of drug-likeness (QED) is 0.759. The SMILES string of the molecule is O=c1[nH]c(CN2CCCN(C3Cc4ccccc4C3)CC2)nc2ccsc12. The van der Waals surface area contributed by atoms with Crippen LogP contribution >= 0.6 is 11.3 Å². The minimum Gasteiger partial charge on any atom is -0.308 e. The molecule has 0 unspecified atom stereocenters. The average Bonchev–Trinajstić information content (AvgIpc) is 3.25. The normalized spacial score (nSPS) is 19.4. The molecule has 27 heavy (non-hydrogen) atoms. The Morgan fingerprint density at radius 3 is 2.70 bits per heavy atom. The zero-order valence-corrected chi connectivity index (χ0v) is 16.2. The Morgan fingerprint density at radius 1 is 1.07 bits per heavy atom. The van der Waals surface area contributed by atoms with E-state index >= 15 is 0 Å². The highest BCUT2D eigenvalue weighted by Crippen LogP contribution is 2.26. The van der Waals surface area contributed by atoms with Crippen molar-refractivity contribution in [2.24, 2.45) is 0 Å². The maximum absolute atomic E-state index is 12.2. The molecular formula is C21H24N4OS. The summed E-state index contributed by atoms with van der Waals surface area (Å²) in [5.74, 6) is 0.785. The molecule has 2 aromatic heterocycles. The van der Waals surface area contributed by atoms with Gasteiger partial charge < -0.3 is 4.98 Å². The van der Waals surface area contributed by atoms with Crippen LogP contribution in [0.2, 0.25) is 0 Å². The van der Waals surface area contributed by atoms with Gasteiger partial charge in [-0.2, -0.15) is 0 Å². The van der Waals surface area contributed by atoms with Crippen LogP contribution in [0.1, 0.15) is 23.4 Å². The molecule has 0 bridgehead atoms. The third-order valence-corrected chi connectivity index (χ3v) is 6.81. The molecule has 3 aromatic rings. The van der Waals surface area contributed by atoms with E-state index in [-0.39, 0.29) is 5.56 Å². The molecule has 1 aliphatic carbocycles. The lowest BCUT2D eigenvalue weighted by molar-refractivity contribution is 0.200. The fraction of sp³-hybridized carbons (Fsp3) is 0.429. The van der Waals surface area contributed by atoms with Crippen molar-refractivity contribution in [2.45, 2.75) is 31.8 Å². The summed E-state index contributed by atoms with van der Waals surface area (Å²) in [6, 6.07) is 11.4. The Balaban J connectivity index is 1.24. The summed E-state index contributed by atoms with van der Waals surface area (Å²) in [5, 5.41) is 1.93. The molecule has 1 aliphatic heterocycles. The zero-order chi connectivity index (χ0) is 18.2. The highest BCUT2D eigenvalue weighted by atomic mass is 32.1. The van der Waals surface area contributed by atoms with E-state index in [2.05, 4.69) is 44.0 Å². The monoisotopic (exact) mass is 380 g/mol. The first-order valence-corrected chi connectivity index (χ1v) is 10.6. The van der Waals surface area contributed by atoms with Gasteiger partial charge in [0.2, 0.25) is 0 Å². The maximum atomic E-state index is 12.2. The van der Waals surface area contributed by atoms with E-state index in [1.165, 1.54) is 35.3 Å². The van der Waals surface area contributed by atoms with Crippen LogP contribution in [-0.2, 0) is 19.4 Å². The summed E-state index contributed by atoms with van der Waals surface area (Å²) in [4.78, 5) is 24.9. The number of aromatic nitrogens is 2. The number of H-pyrrole nitrogens is 1. The summed E-state index contributed by atoms with van der Waals surface area (Å²) in [6.45, 7) is 5.05. The van der Waals surface area contributed by atoms with Crippen molar-refractivity contribution in [3.63, 3.8) is 0 Å². The number of nitrogens with zero attached hydrogens (tertiary/aromatic N) is 3. The molecule has 3 heterocycles. The largest absolute Gasteiger partial charge is 0.308 e. The third kappa shape index (κ3) is 3.45. The van der Waals surface area contributed by atoms with Gasteiger partial charge in [-0.1, -0.05) is 24.3 Å². The van der Waals surface area contributed by atoms with Gasteiger partial charge in [-0.15, -0.1) is 11.3 Å².